The standard InChI is InChI=1S/C12H17NO3S/c1-15-11(14)5-4-10-8-17-12(13-10)9-3-2-6-16-7-9/h8-9H,2-7H2,1H3. The van der Waals surface area contributed by atoms with Crippen molar-refractivity contribution in [1.82, 2.24) is 4.98 Å². The van der Waals surface area contributed by atoms with E-state index in [9.17, 15) is 4.79 Å². The summed E-state index contributed by atoms with van der Waals surface area (Å²) in [5, 5.41) is 3.18. The minimum Gasteiger partial charge on any atom is -0.469 e. The van der Waals surface area contributed by atoms with Crippen molar-refractivity contribution >= 4 is 17.3 Å². The van der Waals surface area contributed by atoms with Crippen LogP contribution in [0.5, 0.6) is 0 Å². The van der Waals surface area contributed by atoms with E-state index in [2.05, 4.69) is 9.72 Å². The zero-order valence-corrected chi connectivity index (χ0v) is 10.8. The van der Waals surface area contributed by atoms with Gasteiger partial charge in [0, 0.05) is 24.3 Å². The lowest BCUT2D eigenvalue weighted by atomic mass is 10.0. The van der Waals surface area contributed by atoms with Crippen molar-refractivity contribution in [3.8, 4) is 0 Å². The van der Waals surface area contributed by atoms with Gasteiger partial charge in [0.2, 0.25) is 0 Å². The van der Waals surface area contributed by atoms with Gasteiger partial charge in [0.25, 0.3) is 0 Å². The molecule has 1 aromatic heterocycles. The van der Waals surface area contributed by atoms with Crippen LogP contribution in [-0.2, 0) is 20.7 Å². The van der Waals surface area contributed by atoms with Crippen LogP contribution in [0, 0.1) is 0 Å². The first-order valence-electron chi connectivity index (χ1n) is 5.88. The van der Waals surface area contributed by atoms with Crippen LogP contribution in [0.4, 0.5) is 0 Å². The van der Waals surface area contributed by atoms with Gasteiger partial charge in [0.05, 0.1) is 30.8 Å². The fourth-order valence-electron chi connectivity index (χ4n) is 1.89. The lowest BCUT2D eigenvalue weighted by molar-refractivity contribution is -0.140. The van der Waals surface area contributed by atoms with E-state index in [1.54, 1.807) is 11.3 Å². The minimum absolute atomic E-state index is 0.180. The van der Waals surface area contributed by atoms with E-state index >= 15 is 0 Å². The SMILES string of the molecule is COC(=O)CCc1csc(C2CCCOC2)n1. The molecule has 17 heavy (non-hydrogen) atoms. The quantitative estimate of drug-likeness (QED) is 0.773. The first-order valence-corrected chi connectivity index (χ1v) is 6.76. The number of hydrogen-bond donors (Lipinski definition) is 0. The Morgan fingerprint density at radius 3 is 3.29 bits per heavy atom. The van der Waals surface area contributed by atoms with Gasteiger partial charge in [-0.2, -0.15) is 0 Å². The van der Waals surface area contributed by atoms with E-state index in [1.165, 1.54) is 7.11 Å². The maximum atomic E-state index is 11.0. The highest BCUT2D eigenvalue weighted by atomic mass is 32.1. The molecule has 2 heterocycles. The van der Waals surface area contributed by atoms with Crippen molar-refractivity contribution in [2.45, 2.75) is 31.6 Å². The number of hydrogen-bond acceptors (Lipinski definition) is 5. The second-order valence-corrected chi connectivity index (χ2v) is 5.06. The number of thiazole rings is 1. The number of aromatic nitrogens is 1. The monoisotopic (exact) mass is 255 g/mol. The van der Waals surface area contributed by atoms with Crippen LogP contribution >= 0.6 is 11.3 Å². The Bertz CT molecular complexity index is 372. The first-order chi connectivity index (χ1) is 8.29. The third-order valence-electron chi connectivity index (χ3n) is 2.89. The van der Waals surface area contributed by atoms with Crippen LogP contribution in [0.15, 0.2) is 5.38 Å². The molecule has 1 aliphatic rings. The predicted octanol–water partition coefficient (Wildman–Crippen LogP) is 2.14. The van der Waals surface area contributed by atoms with Crippen LogP contribution in [-0.4, -0.2) is 31.3 Å². The Balaban J connectivity index is 1.88. The molecule has 1 fully saturated rings. The number of carbonyl (C=O) groups excluding carboxylic acids is 1. The summed E-state index contributed by atoms with van der Waals surface area (Å²) in [6.45, 7) is 1.65. The smallest absolute Gasteiger partial charge is 0.305 e. The Morgan fingerprint density at radius 2 is 2.59 bits per heavy atom. The Morgan fingerprint density at radius 1 is 1.71 bits per heavy atom. The average Bonchev–Trinajstić information content (AvgIpc) is 2.86. The first kappa shape index (κ1) is 12.5. The molecule has 1 aromatic rings. The Kier molecular flexibility index (Phi) is 4.50. The molecule has 0 aromatic carbocycles. The number of nitrogens with zero attached hydrogens (tertiary/aromatic N) is 1. The Labute approximate surface area is 105 Å². The molecule has 4 nitrogen and oxygen atoms in total. The van der Waals surface area contributed by atoms with E-state index in [0.717, 1.165) is 36.8 Å². The number of methoxy groups -OCH3 is 1. The number of ether oxygens (including phenoxy) is 2. The Hall–Kier alpha value is -0.940. The summed E-state index contributed by atoms with van der Waals surface area (Å²) in [5.41, 5.74) is 0.987. The van der Waals surface area contributed by atoms with Gasteiger partial charge < -0.3 is 9.47 Å². The van der Waals surface area contributed by atoms with Crippen LogP contribution in [0.2, 0.25) is 0 Å². The number of esters is 1. The van der Waals surface area contributed by atoms with Crippen molar-refractivity contribution in [2.24, 2.45) is 0 Å². The molecule has 1 aliphatic heterocycles. The second kappa shape index (κ2) is 6.12. The fraction of sp³-hybridized carbons (Fsp3) is 0.667. The average molecular weight is 255 g/mol. The molecule has 0 saturated carbocycles. The van der Waals surface area contributed by atoms with Crippen LogP contribution in [0.1, 0.15) is 35.9 Å². The van der Waals surface area contributed by atoms with Crippen molar-refractivity contribution in [3.05, 3.63) is 16.1 Å². The van der Waals surface area contributed by atoms with E-state index in [1.807, 2.05) is 5.38 Å². The van der Waals surface area contributed by atoms with Crippen molar-refractivity contribution in [2.75, 3.05) is 20.3 Å². The van der Waals surface area contributed by atoms with Crippen LogP contribution in [0.3, 0.4) is 0 Å². The molecule has 1 saturated heterocycles. The predicted molar refractivity (Wildman–Crippen MR) is 65.2 cm³/mol. The van der Waals surface area contributed by atoms with Gasteiger partial charge in [-0.25, -0.2) is 4.98 Å². The molecule has 94 valence electrons. The summed E-state index contributed by atoms with van der Waals surface area (Å²) in [5.74, 6) is 0.265. The van der Waals surface area contributed by atoms with E-state index in [4.69, 9.17) is 4.74 Å². The van der Waals surface area contributed by atoms with Crippen molar-refractivity contribution in [1.29, 1.82) is 0 Å². The van der Waals surface area contributed by atoms with Gasteiger partial charge in [-0.15, -0.1) is 11.3 Å². The van der Waals surface area contributed by atoms with Crippen LogP contribution in [0.25, 0.3) is 0 Å². The molecule has 0 spiro atoms. The van der Waals surface area contributed by atoms with Crippen molar-refractivity contribution < 1.29 is 14.3 Å². The van der Waals surface area contributed by atoms with Crippen LogP contribution < -0.4 is 0 Å². The van der Waals surface area contributed by atoms with Gasteiger partial charge in [-0.3, -0.25) is 4.79 Å². The highest BCUT2D eigenvalue weighted by molar-refractivity contribution is 7.09. The number of rotatable bonds is 4. The lowest BCUT2D eigenvalue weighted by Gasteiger charge is -2.19. The fourth-order valence-corrected chi connectivity index (χ4v) is 2.87. The summed E-state index contributed by atoms with van der Waals surface area (Å²) in [7, 11) is 1.41. The maximum Gasteiger partial charge on any atom is 0.305 e. The summed E-state index contributed by atoms with van der Waals surface area (Å²) in [6.07, 6.45) is 3.34. The van der Waals surface area contributed by atoms with Gasteiger partial charge in [0.15, 0.2) is 0 Å². The van der Waals surface area contributed by atoms with Gasteiger partial charge in [-0.05, 0) is 12.8 Å². The third kappa shape index (κ3) is 3.51. The summed E-state index contributed by atoms with van der Waals surface area (Å²) < 4.78 is 10.1. The topological polar surface area (TPSA) is 48.4 Å². The molecular formula is C12H17NO3S. The largest absolute Gasteiger partial charge is 0.469 e. The zero-order chi connectivity index (χ0) is 12.1. The molecule has 1 unspecified atom stereocenters. The molecule has 5 heteroatoms. The number of carbonyl (C=O) groups is 1. The summed E-state index contributed by atoms with van der Waals surface area (Å²) in [6, 6.07) is 0. The maximum absolute atomic E-state index is 11.0. The van der Waals surface area contributed by atoms with E-state index in [-0.39, 0.29) is 5.97 Å². The lowest BCUT2D eigenvalue weighted by Crippen LogP contribution is -2.15. The molecule has 0 radical (unpaired) electrons. The van der Waals surface area contributed by atoms with E-state index < -0.39 is 0 Å². The second-order valence-electron chi connectivity index (χ2n) is 4.17. The third-order valence-corrected chi connectivity index (χ3v) is 3.95. The highest BCUT2D eigenvalue weighted by Crippen LogP contribution is 2.28. The van der Waals surface area contributed by atoms with Crippen molar-refractivity contribution in [3.63, 3.8) is 0 Å². The summed E-state index contributed by atoms with van der Waals surface area (Å²) >= 11 is 1.67. The van der Waals surface area contributed by atoms with Gasteiger partial charge in [-0.1, -0.05) is 0 Å². The normalized spacial score (nSPS) is 20.2. The molecular weight excluding hydrogens is 238 g/mol. The zero-order valence-electron chi connectivity index (χ0n) is 9.98. The molecule has 0 N–H and O–H groups in total. The van der Waals surface area contributed by atoms with Gasteiger partial charge in [0.1, 0.15) is 0 Å². The van der Waals surface area contributed by atoms with Gasteiger partial charge >= 0.3 is 5.97 Å². The molecule has 0 aliphatic carbocycles. The molecule has 2 rings (SSSR count). The highest BCUT2D eigenvalue weighted by Gasteiger charge is 2.19. The molecule has 0 amide bonds. The molecule has 1 atom stereocenters. The molecule has 0 bridgehead atoms. The summed E-state index contributed by atoms with van der Waals surface area (Å²) in [4.78, 5) is 15.6. The van der Waals surface area contributed by atoms with E-state index in [0.29, 0.717) is 18.8 Å². The number of aryl methyl sites for hydroxylation is 1. The minimum atomic E-state index is -0.180.